The molecule has 0 radical (unpaired) electrons. The highest BCUT2D eigenvalue weighted by atomic mass is 79.9. The van der Waals surface area contributed by atoms with Gasteiger partial charge in [-0.1, -0.05) is 34.7 Å². The second-order valence-electron chi connectivity index (χ2n) is 4.70. The molecular formula is C14H19BrO2. The first kappa shape index (κ1) is 14.3. The van der Waals surface area contributed by atoms with Gasteiger partial charge in [-0.05, 0) is 38.5 Å². The monoisotopic (exact) mass is 298 g/mol. The normalized spacial score (nSPS) is 11.3. The van der Waals surface area contributed by atoms with Crippen molar-refractivity contribution in [2.24, 2.45) is 0 Å². The lowest BCUT2D eigenvalue weighted by Crippen LogP contribution is -2.22. The molecule has 0 aliphatic heterocycles. The van der Waals surface area contributed by atoms with Crippen molar-refractivity contribution < 1.29 is 9.47 Å². The first-order valence-electron chi connectivity index (χ1n) is 5.61. The van der Waals surface area contributed by atoms with Gasteiger partial charge in [0.1, 0.15) is 12.4 Å². The van der Waals surface area contributed by atoms with Crippen molar-refractivity contribution in [2.75, 3.05) is 13.2 Å². The van der Waals surface area contributed by atoms with Crippen LogP contribution in [-0.4, -0.2) is 18.8 Å². The topological polar surface area (TPSA) is 18.5 Å². The van der Waals surface area contributed by atoms with Gasteiger partial charge in [0.05, 0.1) is 12.2 Å². The van der Waals surface area contributed by atoms with E-state index in [-0.39, 0.29) is 5.60 Å². The third-order valence-electron chi connectivity index (χ3n) is 2.08. The number of hydrogen-bond acceptors (Lipinski definition) is 2. The van der Waals surface area contributed by atoms with E-state index in [9.17, 15) is 0 Å². The molecule has 3 heteroatoms. The Morgan fingerprint density at radius 2 is 2.00 bits per heavy atom. The van der Waals surface area contributed by atoms with Crippen LogP contribution < -0.4 is 4.74 Å². The smallest absolute Gasteiger partial charge is 0.120 e. The average Bonchev–Trinajstić information content (AvgIpc) is 2.23. The summed E-state index contributed by atoms with van der Waals surface area (Å²) in [6, 6.07) is 5.84. The van der Waals surface area contributed by atoms with E-state index >= 15 is 0 Å². The SMILES string of the molecule is C=Cc1ccc(OCCOC(C)(C)C)cc1Br. The van der Waals surface area contributed by atoms with Crippen LogP contribution in [0.15, 0.2) is 29.3 Å². The van der Waals surface area contributed by atoms with Crippen LogP contribution in [0.3, 0.4) is 0 Å². The molecule has 0 N–H and O–H groups in total. The Labute approximate surface area is 112 Å². The van der Waals surface area contributed by atoms with Gasteiger partial charge in [0.25, 0.3) is 0 Å². The minimum absolute atomic E-state index is 0.114. The summed E-state index contributed by atoms with van der Waals surface area (Å²) in [5.41, 5.74) is 0.944. The molecule has 0 atom stereocenters. The Bertz CT molecular complexity index is 380. The zero-order valence-electron chi connectivity index (χ0n) is 10.6. The molecule has 2 nitrogen and oxygen atoms in total. The summed E-state index contributed by atoms with van der Waals surface area (Å²) in [5.74, 6) is 0.833. The molecule has 0 saturated carbocycles. The third kappa shape index (κ3) is 5.37. The molecule has 0 fully saturated rings. The molecule has 1 rings (SSSR count). The molecule has 0 heterocycles. The summed E-state index contributed by atoms with van der Waals surface area (Å²) < 4.78 is 12.2. The van der Waals surface area contributed by atoms with Crippen LogP contribution in [0.2, 0.25) is 0 Å². The summed E-state index contributed by atoms with van der Waals surface area (Å²) in [6.45, 7) is 11.0. The van der Waals surface area contributed by atoms with E-state index in [1.54, 1.807) is 6.08 Å². The molecule has 0 bridgehead atoms. The predicted octanol–water partition coefficient (Wildman–Crippen LogP) is 4.29. The fraction of sp³-hybridized carbons (Fsp3) is 0.429. The molecule has 0 aromatic heterocycles. The molecule has 1 aromatic carbocycles. The first-order valence-corrected chi connectivity index (χ1v) is 6.40. The zero-order valence-corrected chi connectivity index (χ0v) is 12.2. The van der Waals surface area contributed by atoms with Gasteiger partial charge in [0.2, 0.25) is 0 Å². The summed E-state index contributed by atoms with van der Waals surface area (Å²) in [6.07, 6.45) is 1.80. The van der Waals surface area contributed by atoms with Crippen LogP contribution in [-0.2, 0) is 4.74 Å². The Hall–Kier alpha value is -0.800. The van der Waals surface area contributed by atoms with Crippen molar-refractivity contribution in [1.82, 2.24) is 0 Å². The lowest BCUT2D eigenvalue weighted by Gasteiger charge is -2.19. The maximum atomic E-state index is 5.59. The highest BCUT2D eigenvalue weighted by Gasteiger charge is 2.09. The van der Waals surface area contributed by atoms with Crippen LogP contribution >= 0.6 is 15.9 Å². The molecule has 0 unspecified atom stereocenters. The molecular weight excluding hydrogens is 280 g/mol. The fourth-order valence-electron chi connectivity index (χ4n) is 1.27. The molecule has 0 aliphatic rings. The van der Waals surface area contributed by atoms with E-state index in [1.165, 1.54) is 0 Å². The second-order valence-corrected chi connectivity index (χ2v) is 5.55. The van der Waals surface area contributed by atoms with Gasteiger partial charge in [0.15, 0.2) is 0 Å². The van der Waals surface area contributed by atoms with Gasteiger partial charge in [-0.2, -0.15) is 0 Å². The van der Waals surface area contributed by atoms with Crippen LogP contribution in [0.5, 0.6) is 5.75 Å². The average molecular weight is 299 g/mol. The Kier molecular flexibility index (Phi) is 5.22. The van der Waals surface area contributed by atoms with Crippen molar-refractivity contribution in [1.29, 1.82) is 0 Å². The largest absolute Gasteiger partial charge is 0.491 e. The summed E-state index contributed by atoms with van der Waals surface area (Å²) in [5, 5.41) is 0. The Morgan fingerprint density at radius 1 is 1.29 bits per heavy atom. The van der Waals surface area contributed by atoms with Crippen molar-refractivity contribution in [3.8, 4) is 5.75 Å². The lowest BCUT2D eigenvalue weighted by atomic mass is 10.2. The van der Waals surface area contributed by atoms with E-state index in [0.29, 0.717) is 13.2 Å². The highest BCUT2D eigenvalue weighted by Crippen LogP contribution is 2.23. The number of rotatable bonds is 5. The quantitative estimate of drug-likeness (QED) is 0.755. The predicted molar refractivity (Wildman–Crippen MR) is 75.4 cm³/mol. The van der Waals surface area contributed by atoms with Crippen molar-refractivity contribution >= 4 is 22.0 Å². The molecule has 1 aromatic rings. The standard InChI is InChI=1S/C14H19BrO2/c1-5-11-6-7-12(10-13(11)15)16-8-9-17-14(2,3)4/h5-7,10H,1,8-9H2,2-4H3. The maximum Gasteiger partial charge on any atom is 0.120 e. The summed E-state index contributed by atoms with van der Waals surface area (Å²) in [7, 11) is 0. The van der Waals surface area contributed by atoms with E-state index in [0.717, 1.165) is 15.8 Å². The minimum atomic E-state index is -0.114. The lowest BCUT2D eigenvalue weighted by molar-refractivity contribution is -0.0163. The van der Waals surface area contributed by atoms with Crippen molar-refractivity contribution in [2.45, 2.75) is 26.4 Å². The number of ether oxygens (including phenoxy) is 2. The molecule has 0 aliphatic carbocycles. The van der Waals surface area contributed by atoms with E-state index in [2.05, 4.69) is 22.5 Å². The van der Waals surface area contributed by atoms with Crippen LogP contribution in [0.25, 0.3) is 6.08 Å². The van der Waals surface area contributed by atoms with Crippen LogP contribution in [0.1, 0.15) is 26.3 Å². The third-order valence-corrected chi connectivity index (χ3v) is 2.77. The number of hydrogen-bond donors (Lipinski definition) is 0. The van der Waals surface area contributed by atoms with Gasteiger partial charge < -0.3 is 9.47 Å². The molecule has 17 heavy (non-hydrogen) atoms. The zero-order chi connectivity index (χ0) is 12.9. The highest BCUT2D eigenvalue weighted by molar-refractivity contribution is 9.10. The van der Waals surface area contributed by atoms with E-state index in [1.807, 2.05) is 39.0 Å². The van der Waals surface area contributed by atoms with Crippen molar-refractivity contribution in [3.63, 3.8) is 0 Å². The maximum absolute atomic E-state index is 5.59. The Morgan fingerprint density at radius 3 is 2.53 bits per heavy atom. The van der Waals surface area contributed by atoms with E-state index < -0.39 is 0 Å². The molecule has 0 amide bonds. The van der Waals surface area contributed by atoms with Crippen LogP contribution in [0, 0.1) is 0 Å². The fourth-order valence-corrected chi connectivity index (χ4v) is 1.79. The van der Waals surface area contributed by atoms with Crippen molar-refractivity contribution in [3.05, 3.63) is 34.8 Å². The minimum Gasteiger partial charge on any atom is -0.491 e. The second kappa shape index (κ2) is 6.22. The van der Waals surface area contributed by atoms with Gasteiger partial charge in [-0.3, -0.25) is 0 Å². The Balaban J connectivity index is 2.42. The van der Waals surface area contributed by atoms with Crippen LogP contribution in [0.4, 0.5) is 0 Å². The number of halogens is 1. The van der Waals surface area contributed by atoms with Gasteiger partial charge in [-0.25, -0.2) is 0 Å². The van der Waals surface area contributed by atoms with Gasteiger partial charge in [0, 0.05) is 4.47 Å². The molecule has 0 saturated heterocycles. The van der Waals surface area contributed by atoms with Gasteiger partial charge >= 0.3 is 0 Å². The molecule has 0 spiro atoms. The summed E-state index contributed by atoms with van der Waals surface area (Å²) in [4.78, 5) is 0. The van der Waals surface area contributed by atoms with E-state index in [4.69, 9.17) is 9.47 Å². The molecule has 94 valence electrons. The number of benzene rings is 1. The summed E-state index contributed by atoms with van der Waals surface area (Å²) >= 11 is 3.47. The first-order chi connectivity index (χ1) is 7.92. The van der Waals surface area contributed by atoms with Gasteiger partial charge in [-0.15, -0.1) is 0 Å².